The number of nitrogens with zero attached hydrogens (tertiary/aromatic N) is 3. The van der Waals surface area contributed by atoms with Gasteiger partial charge in [0.15, 0.2) is 0 Å². The predicted molar refractivity (Wildman–Crippen MR) is 123 cm³/mol. The Morgan fingerprint density at radius 3 is 1.94 bits per heavy atom. The van der Waals surface area contributed by atoms with Crippen molar-refractivity contribution in [2.45, 2.75) is 45.1 Å². The summed E-state index contributed by atoms with van der Waals surface area (Å²) in [5, 5.41) is 0. The molecule has 2 saturated heterocycles. The molecule has 2 aliphatic heterocycles. The number of benzene rings is 2. The van der Waals surface area contributed by atoms with E-state index in [0.717, 1.165) is 22.3 Å². The molecule has 8 heteroatoms. The number of aryl methyl sites for hydroxylation is 4. The summed E-state index contributed by atoms with van der Waals surface area (Å²) in [4.78, 5) is 29.2. The minimum Gasteiger partial charge on any atom is -0.289 e. The molecule has 32 heavy (non-hydrogen) atoms. The lowest BCUT2D eigenvalue weighted by molar-refractivity contribution is -0.123. The van der Waals surface area contributed by atoms with Gasteiger partial charge in [-0.3, -0.25) is 14.5 Å². The van der Waals surface area contributed by atoms with Crippen LogP contribution in [0.3, 0.4) is 0 Å². The Morgan fingerprint density at radius 2 is 1.38 bits per heavy atom. The molecule has 2 amide bonds. The van der Waals surface area contributed by atoms with E-state index >= 15 is 0 Å². The van der Waals surface area contributed by atoms with Gasteiger partial charge in [0.2, 0.25) is 15.9 Å². The van der Waals surface area contributed by atoms with Crippen molar-refractivity contribution in [1.29, 1.82) is 0 Å². The van der Waals surface area contributed by atoms with E-state index in [2.05, 4.69) is 0 Å². The van der Waals surface area contributed by atoms with Crippen LogP contribution in [0.1, 0.15) is 28.7 Å². The Morgan fingerprint density at radius 1 is 0.812 bits per heavy atom. The van der Waals surface area contributed by atoms with Crippen LogP contribution in [-0.4, -0.2) is 61.7 Å². The second kappa shape index (κ2) is 8.42. The lowest BCUT2D eigenvalue weighted by Gasteiger charge is -2.36. The van der Waals surface area contributed by atoms with Crippen LogP contribution in [0, 0.1) is 27.7 Å². The molecule has 1 atom stereocenters. The smallest absolute Gasteiger partial charge is 0.251 e. The monoisotopic (exact) mass is 455 g/mol. The zero-order valence-electron chi connectivity index (χ0n) is 19.0. The Balaban J connectivity index is 1.48. The molecule has 2 aromatic rings. The number of amides is 2. The number of piperazine rings is 1. The number of rotatable bonds is 4. The van der Waals surface area contributed by atoms with Crippen LogP contribution in [-0.2, 0) is 19.6 Å². The molecule has 2 heterocycles. The van der Waals surface area contributed by atoms with Gasteiger partial charge in [-0.05, 0) is 51.0 Å². The number of carbonyl (C=O) groups is 2. The van der Waals surface area contributed by atoms with Crippen molar-refractivity contribution >= 4 is 27.5 Å². The van der Waals surface area contributed by atoms with Gasteiger partial charge in [0.25, 0.3) is 5.91 Å². The van der Waals surface area contributed by atoms with E-state index in [0.29, 0.717) is 23.7 Å². The maximum absolute atomic E-state index is 13.3. The third-order valence-corrected chi connectivity index (χ3v) is 8.54. The molecule has 2 aliphatic rings. The zero-order valence-corrected chi connectivity index (χ0v) is 19.8. The van der Waals surface area contributed by atoms with Crippen molar-refractivity contribution in [3.8, 4) is 0 Å². The number of carbonyl (C=O) groups excluding carboxylic acids is 2. The number of hydrogen-bond acceptors (Lipinski definition) is 5. The Hall–Kier alpha value is -2.55. The lowest BCUT2D eigenvalue weighted by atomic mass is 10.1. The maximum atomic E-state index is 13.3. The van der Waals surface area contributed by atoms with Gasteiger partial charge in [0.05, 0.1) is 23.0 Å². The first kappa shape index (κ1) is 22.6. The topological polar surface area (TPSA) is 78.0 Å². The van der Waals surface area contributed by atoms with Crippen molar-refractivity contribution in [2.24, 2.45) is 0 Å². The molecule has 0 N–H and O–H groups in total. The molecule has 0 bridgehead atoms. The van der Waals surface area contributed by atoms with Crippen LogP contribution in [0.2, 0.25) is 0 Å². The summed E-state index contributed by atoms with van der Waals surface area (Å²) in [6.45, 7) is 8.96. The first-order valence-corrected chi connectivity index (χ1v) is 12.3. The fraction of sp³-hybridized carbons (Fsp3) is 0.417. The molecule has 0 spiro atoms. The Labute approximate surface area is 189 Å². The predicted octanol–water partition coefficient (Wildman–Crippen LogP) is 2.56. The number of sulfonamides is 1. The third-order valence-electron chi connectivity index (χ3n) is 6.33. The van der Waals surface area contributed by atoms with Crippen LogP contribution >= 0.6 is 0 Å². The summed E-state index contributed by atoms with van der Waals surface area (Å²) in [6, 6.07) is 10.5. The summed E-state index contributed by atoms with van der Waals surface area (Å²) >= 11 is 0. The van der Waals surface area contributed by atoms with Gasteiger partial charge >= 0.3 is 0 Å². The quantitative estimate of drug-likeness (QED) is 0.662. The highest BCUT2D eigenvalue weighted by molar-refractivity contribution is 7.89. The van der Waals surface area contributed by atoms with E-state index in [-0.39, 0.29) is 31.3 Å². The molecule has 0 aliphatic carbocycles. The van der Waals surface area contributed by atoms with Crippen LogP contribution in [0.4, 0.5) is 5.69 Å². The maximum Gasteiger partial charge on any atom is 0.251 e. The van der Waals surface area contributed by atoms with Crippen molar-refractivity contribution in [1.82, 2.24) is 9.21 Å². The molecular formula is C24H29N3O4S. The highest BCUT2D eigenvalue weighted by atomic mass is 32.2. The average Bonchev–Trinajstić information content (AvgIpc) is 3.02. The van der Waals surface area contributed by atoms with E-state index in [4.69, 9.17) is 0 Å². The first-order chi connectivity index (χ1) is 15.1. The van der Waals surface area contributed by atoms with Crippen LogP contribution < -0.4 is 4.90 Å². The zero-order chi connectivity index (χ0) is 23.2. The standard InChI is InChI=1S/C24H29N3O4S/c1-16-5-7-20(8-6-16)27-22(28)15-21(24(27)29)25-9-11-26(12-10-25)32(30,31)23-18(3)13-17(2)14-19(23)4/h5-8,13-14,21H,9-12,15H2,1-4H3/t21-/m0/s1. The highest BCUT2D eigenvalue weighted by Crippen LogP contribution is 2.29. The van der Waals surface area contributed by atoms with Gasteiger partial charge in [-0.2, -0.15) is 4.31 Å². The fourth-order valence-corrected chi connectivity index (χ4v) is 6.66. The molecule has 0 saturated carbocycles. The number of hydrogen-bond donors (Lipinski definition) is 0. The average molecular weight is 456 g/mol. The molecule has 170 valence electrons. The molecule has 4 rings (SSSR count). The van der Waals surface area contributed by atoms with Gasteiger partial charge in [0, 0.05) is 26.2 Å². The Kier molecular flexibility index (Phi) is 5.96. The van der Waals surface area contributed by atoms with E-state index in [1.54, 1.807) is 12.1 Å². The summed E-state index contributed by atoms with van der Waals surface area (Å²) in [5.41, 5.74) is 4.16. The van der Waals surface area contributed by atoms with E-state index < -0.39 is 16.1 Å². The van der Waals surface area contributed by atoms with Crippen molar-refractivity contribution in [3.05, 3.63) is 58.7 Å². The van der Waals surface area contributed by atoms with Gasteiger partial charge in [-0.1, -0.05) is 35.4 Å². The summed E-state index contributed by atoms with van der Waals surface area (Å²) < 4.78 is 28.1. The van der Waals surface area contributed by atoms with Crippen LogP contribution in [0.5, 0.6) is 0 Å². The summed E-state index contributed by atoms with van der Waals surface area (Å²) in [5.74, 6) is -0.454. The van der Waals surface area contributed by atoms with Crippen molar-refractivity contribution in [2.75, 3.05) is 31.1 Å². The largest absolute Gasteiger partial charge is 0.289 e. The molecule has 2 fully saturated rings. The summed E-state index contributed by atoms with van der Waals surface area (Å²) in [7, 11) is -3.62. The van der Waals surface area contributed by atoms with E-state index in [1.807, 2.05) is 56.9 Å². The lowest BCUT2D eigenvalue weighted by Crippen LogP contribution is -2.53. The molecule has 7 nitrogen and oxygen atoms in total. The third kappa shape index (κ3) is 3.98. The van der Waals surface area contributed by atoms with Crippen LogP contribution in [0.15, 0.2) is 41.3 Å². The second-order valence-corrected chi connectivity index (χ2v) is 10.7. The molecule has 2 aromatic carbocycles. The van der Waals surface area contributed by atoms with Crippen molar-refractivity contribution < 1.29 is 18.0 Å². The van der Waals surface area contributed by atoms with Gasteiger partial charge in [0.1, 0.15) is 0 Å². The summed E-state index contributed by atoms with van der Waals surface area (Å²) in [6.07, 6.45) is 0.121. The molecule has 0 radical (unpaired) electrons. The first-order valence-electron chi connectivity index (χ1n) is 10.8. The minimum absolute atomic E-state index is 0.121. The number of imide groups is 1. The fourth-order valence-electron chi connectivity index (χ4n) is 4.82. The van der Waals surface area contributed by atoms with Gasteiger partial charge in [-0.25, -0.2) is 13.3 Å². The van der Waals surface area contributed by atoms with Gasteiger partial charge < -0.3 is 0 Å². The minimum atomic E-state index is -3.62. The molecular weight excluding hydrogens is 426 g/mol. The van der Waals surface area contributed by atoms with E-state index in [9.17, 15) is 18.0 Å². The number of anilines is 1. The normalized spacial score (nSPS) is 20.9. The molecule has 0 unspecified atom stereocenters. The van der Waals surface area contributed by atoms with E-state index in [1.165, 1.54) is 9.21 Å². The van der Waals surface area contributed by atoms with Crippen LogP contribution in [0.25, 0.3) is 0 Å². The second-order valence-electron chi connectivity index (χ2n) is 8.79. The SMILES string of the molecule is Cc1ccc(N2C(=O)C[C@H](N3CCN(S(=O)(=O)c4c(C)cc(C)cc4C)CC3)C2=O)cc1. The van der Waals surface area contributed by atoms with Gasteiger partial charge in [-0.15, -0.1) is 0 Å². The highest BCUT2D eigenvalue weighted by Gasteiger charge is 2.44. The Bertz CT molecular complexity index is 1140. The molecule has 0 aromatic heterocycles. The van der Waals surface area contributed by atoms with Crippen molar-refractivity contribution in [3.63, 3.8) is 0 Å².